The van der Waals surface area contributed by atoms with Crippen molar-refractivity contribution in [3.63, 3.8) is 0 Å². The Kier molecular flexibility index (Phi) is 3.67. The van der Waals surface area contributed by atoms with Crippen molar-refractivity contribution in [3.05, 3.63) is 33.6 Å². The number of rotatable bonds is 4. The van der Waals surface area contributed by atoms with Gasteiger partial charge in [-0.3, -0.25) is 10.1 Å². The first-order valence-corrected chi connectivity index (χ1v) is 5.00. The maximum Gasteiger partial charge on any atom is 0.275 e. The Bertz CT molecular complexity index is 440. The van der Waals surface area contributed by atoms with E-state index in [-0.39, 0.29) is 18.0 Å². The average Bonchev–Trinajstić information content (AvgIpc) is 2.17. The van der Waals surface area contributed by atoms with E-state index in [1.54, 1.807) is 0 Å². The number of aliphatic hydroxyl groups is 1. The van der Waals surface area contributed by atoms with Crippen LogP contribution >= 0.6 is 0 Å². The fourth-order valence-electron chi connectivity index (χ4n) is 1.21. The maximum absolute atomic E-state index is 13.5. The van der Waals surface area contributed by atoms with Crippen molar-refractivity contribution in [2.24, 2.45) is 0 Å². The maximum atomic E-state index is 13.5. The van der Waals surface area contributed by atoms with Crippen LogP contribution in [0.5, 0.6) is 5.75 Å². The molecule has 0 aliphatic carbocycles. The van der Waals surface area contributed by atoms with Crippen molar-refractivity contribution in [1.82, 2.24) is 0 Å². The molecule has 1 aromatic carbocycles. The molecule has 0 atom stereocenters. The van der Waals surface area contributed by atoms with E-state index >= 15 is 0 Å². The summed E-state index contributed by atoms with van der Waals surface area (Å²) >= 11 is 0. The van der Waals surface area contributed by atoms with E-state index in [1.807, 2.05) is 0 Å². The summed E-state index contributed by atoms with van der Waals surface area (Å²) in [5, 5.41) is 20.0. The Morgan fingerprint density at radius 3 is 2.59 bits per heavy atom. The van der Waals surface area contributed by atoms with Crippen LogP contribution in [0.1, 0.15) is 19.4 Å². The molecule has 0 amide bonds. The zero-order chi connectivity index (χ0) is 13.2. The largest absolute Gasteiger partial charge is 0.488 e. The van der Waals surface area contributed by atoms with E-state index in [4.69, 9.17) is 4.74 Å². The highest BCUT2D eigenvalue weighted by Gasteiger charge is 2.19. The van der Waals surface area contributed by atoms with Gasteiger partial charge in [0, 0.05) is 5.56 Å². The Hall–Kier alpha value is -1.69. The summed E-state index contributed by atoms with van der Waals surface area (Å²) in [6.07, 6.45) is 0. The molecule has 0 fully saturated rings. The fraction of sp³-hybridized carbons (Fsp3) is 0.455. The molecule has 5 nitrogen and oxygen atoms in total. The molecule has 0 heterocycles. The number of halogens is 1. The van der Waals surface area contributed by atoms with Gasteiger partial charge in [-0.25, -0.2) is 4.39 Å². The lowest BCUT2D eigenvalue weighted by molar-refractivity contribution is -0.385. The molecule has 94 valence electrons. The van der Waals surface area contributed by atoms with Crippen LogP contribution in [0.4, 0.5) is 10.1 Å². The molecule has 0 radical (unpaired) electrons. The molecule has 0 saturated heterocycles. The van der Waals surface area contributed by atoms with Gasteiger partial charge in [0.25, 0.3) is 5.69 Å². The summed E-state index contributed by atoms with van der Waals surface area (Å²) in [5.41, 5.74) is -1.08. The second-order valence-corrected chi connectivity index (χ2v) is 4.43. The van der Waals surface area contributed by atoms with Crippen LogP contribution in [0.2, 0.25) is 0 Å². The van der Waals surface area contributed by atoms with Crippen LogP contribution in [0.25, 0.3) is 0 Å². The molecular weight excluding hydrogens is 229 g/mol. The number of nitro groups is 1. The summed E-state index contributed by atoms with van der Waals surface area (Å²) in [6, 6.07) is 2.06. The van der Waals surface area contributed by atoms with Crippen LogP contribution in [-0.4, -0.2) is 22.2 Å². The highest BCUT2D eigenvalue weighted by atomic mass is 19.1. The van der Waals surface area contributed by atoms with E-state index in [2.05, 4.69) is 0 Å². The van der Waals surface area contributed by atoms with Crippen LogP contribution in [-0.2, 0) is 0 Å². The molecule has 0 spiro atoms. The Labute approximate surface area is 98.0 Å². The second kappa shape index (κ2) is 4.67. The monoisotopic (exact) mass is 243 g/mol. The van der Waals surface area contributed by atoms with Crippen LogP contribution in [0.15, 0.2) is 12.1 Å². The summed E-state index contributed by atoms with van der Waals surface area (Å²) in [5.74, 6) is -0.915. The summed E-state index contributed by atoms with van der Waals surface area (Å²) in [7, 11) is 0. The first kappa shape index (κ1) is 13.4. The van der Waals surface area contributed by atoms with Crippen molar-refractivity contribution in [3.8, 4) is 5.75 Å². The molecule has 1 rings (SSSR count). The summed E-state index contributed by atoms with van der Waals surface area (Å²) in [4.78, 5) is 9.91. The number of hydrogen-bond acceptors (Lipinski definition) is 4. The van der Waals surface area contributed by atoms with E-state index in [9.17, 15) is 19.6 Å². The quantitative estimate of drug-likeness (QED) is 0.649. The predicted octanol–water partition coefficient (Wildman–Crippen LogP) is 2.19. The van der Waals surface area contributed by atoms with E-state index < -0.39 is 16.3 Å². The summed E-state index contributed by atoms with van der Waals surface area (Å²) < 4.78 is 18.5. The number of ether oxygens (including phenoxy) is 1. The smallest absolute Gasteiger partial charge is 0.275 e. The molecular formula is C11H14FNO4. The van der Waals surface area contributed by atoms with Gasteiger partial charge < -0.3 is 9.84 Å². The lowest BCUT2D eigenvalue weighted by atomic mass is 10.1. The van der Waals surface area contributed by atoms with Crippen molar-refractivity contribution in [1.29, 1.82) is 0 Å². The van der Waals surface area contributed by atoms with Crippen molar-refractivity contribution < 1.29 is 19.2 Å². The number of nitrogens with zero attached hydrogens (tertiary/aromatic N) is 1. The first-order chi connectivity index (χ1) is 7.70. The molecule has 0 saturated carbocycles. The highest BCUT2D eigenvalue weighted by Crippen LogP contribution is 2.27. The third-order valence-electron chi connectivity index (χ3n) is 2.03. The van der Waals surface area contributed by atoms with Crippen LogP contribution < -0.4 is 4.74 Å². The van der Waals surface area contributed by atoms with Gasteiger partial charge in [0.1, 0.15) is 6.61 Å². The third-order valence-corrected chi connectivity index (χ3v) is 2.03. The standard InChI is InChI=1S/C11H14FNO4/c1-7-4-10(17-6-11(2,3)14)8(12)5-9(7)13(15)16/h4-5,14H,6H2,1-3H3. The van der Waals surface area contributed by atoms with Gasteiger partial charge in [-0.2, -0.15) is 0 Å². The number of nitro benzene ring substituents is 1. The summed E-state index contributed by atoms with van der Waals surface area (Å²) in [6.45, 7) is 4.43. The highest BCUT2D eigenvalue weighted by molar-refractivity contribution is 5.45. The van der Waals surface area contributed by atoms with Crippen molar-refractivity contribution in [2.75, 3.05) is 6.61 Å². The van der Waals surface area contributed by atoms with Gasteiger partial charge in [-0.1, -0.05) is 0 Å². The fourth-order valence-corrected chi connectivity index (χ4v) is 1.21. The van der Waals surface area contributed by atoms with Crippen LogP contribution in [0, 0.1) is 22.9 Å². The molecule has 0 unspecified atom stereocenters. The molecule has 0 aliphatic heterocycles. The van der Waals surface area contributed by atoms with E-state index in [0.29, 0.717) is 5.56 Å². The lowest BCUT2D eigenvalue weighted by Crippen LogP contribution is -2.28. The van der Waals surface area contributed by atoms with Gasteiger partial charge in [0.05, 0.1) is 16.6 Å². The van der Waals surface area contributed by atoms with Crippen molar-refractivity contribution in [2.45, 2.75) is 26.4 Å². The van der Waals surface area contributed by atoms with E-state index in [1.165, 1.54) is 26.8 Å². The predicted molar refractivity (Wildman–Crippen MR) is 59.6 cm³/mol. The van der Waals surface area contributed by atoms with Gasteiger partial charge in [-0.15, -0.1) is 0 Å². The van der Waals surface area contributed by atoms with Crippen LogP contribution in [0.3, 0.4) is 0 Å². The molecule has 0 aliphatic rings. The topological polar surface area (TPSA) is 72.6 Å². The van der Waals surface area contributed by atoms with Gasteiger partial charge >= 0.3 is 0 Å². The molecule has 6 heteroatoms. The SMILES string of the molecule is Cc1cc(OCC(C)(C)O)c(F)cc1[N+](=O)[O-]. The molecule has 17 heavy (non-hydrogen) atoms. The molecule has 0 aromatic heterocycles. The van der Waals surface area contributed by atoms with Gasteiger partial charge in [0.15, 0.2) is 11.6 Å². The van der Waals surface area contributed by atoms with E-state index in [0.717, 1.165) is 6.07 Å². The van der Waals surface area contributed by atoms with Crippen molar-refractivity contribution >= 4 is 5.69 Å². The number of hydrogen-bond donors (Lipinski definition) is 1. The first-order valence-electron chi connectivity index (χ1n) is 5.00. The zero-order valence-corrected chi connectivity index (χ0v) is 9.86. The second-order valence-electron chi connectivity index (χ2n) is 4.43. The minimum absolute atomic E-state index is 0.0961. The Balaban J connectivity index is 2.96. The molecule has 1 aromatic rings. The zero-order valence-electron chi connectivity index (χ0n) is 9.86. The average molecular weight is 243 g/mol. The van der Waals surface area contributed by atoms with Gasteiger partial charge in [-0.05, 0) is 26.8 Å². The minimum Gasteiger partial charge on any atom is -0.488 e. The van der Waals surface area contributed by atoms with Gasteiger partial charge in [0.2, 0.25) is 0 Å². The normalized spacial score (nSPS) is 11.4. The molecule has 0 bridgehead atoms. The lowest BCUT2D eigenvalue weighted by Gasteiger charge is -2.18. The third kappa shape index (κ3) is 3.67. The number of aryl methyl sites for hydroxylation is 1. The minimum atomic E-state index is -1.10. The number of benzene rings is 1. The molecule has 1 N–H and O–H groups in total. The Morgan fingerprint density at radius 2 is 2.12 bits per heavy atom. The Morgan fingerprint density at radius 1 is 1.53 bits per heavy atom.